The lowest BCUT2D eigenvalue weighted by Crippen LogP contribution is -2.23. The first-order valence-electron chi connectivity index (χ1n) is 5.09. The normalized spacial score (nSPS) is 11.6. The lowest BCUT2D eigenvalue weighted by molar-refractivity contribution is 0.318. The molecule has 0 aliphatic rings. The van der Waals surface area contributed by atoms with Crippen LogP contribution in [0.5, 0.6) is 0 Å². The van der Waals surface area contributed by atoms with E-state index in [0.29, 0.717) is 0 Å². The maximum absolute atomic E-state index is 8.77. The molecule has 0 saturated heterocycles. The van der Waals surface area contributed by atoms with Gasteiger partial charge in [0.25, 0.3) is 0 Å². The van der Waals surface area contributed by atoms with Gasteiger partial charge < -0.3 is 15.8 Å². The van der Waals surface area contributed by atoms with Gasteiger partial charge in [-0.05, 0) is 34.5 Å². The summed E-state index contributed by atoms with van der Waals surface area (Å²) in [5.41, 5.74) is 7.35. The summed E-state index contributed by atoms with van der Waals surface area (Å²) in [5.74, 6) is 0.116. The van der Waals surface area contributed by atoms with Crippen molar-refractivity contribution >= 4 is 27.5 Å². The standard InChI is InChI=1S/C11H16BrN3O/c1-3-7-15(2)9-6-4-5-8(12)10(9)11(13)14-16/h4-6,16H,3,7H2,1-2H3,(H2,13,14). The van der Waals surface area contributed by atoms with Gasteiger partial charge in [-0.1, -0.05) is 18.1 Å². The van der Waals surface area contributed by atoms with E-state index >= 15 is 0 Å². The van der Waals surface area contributed by atoms with Crippen molar-refractivity contribution in [1.29, 1.82) is 0 Å². The molecule has 1 rings (SSSR count). The summed E-state index contributed by atoms with van der Waals surface area (Å²) in [5, 5.41) is 11.8. The Labute approximate surface area is 104 Å². The predicted octanol–water partition coefficient (Wildman–Crippen LogP) is 2.39. The smallest absolute Gasteiger partial charge is 0.173 e. The molecule has 0 saturated carbocycles. The Morgan fingerprint density at radius 3 is 2.81 bits per heavy atom. The Kier molecular flexibility index (Phi) is 4.61. The van der Waals surface area contributed by atoms with Crippen molar-refractivity contribution in [3.8, 4) is 0 Å². The summed E-state index contributed by atoms with van der Waals surface area (Å²) in [4.78, 5) is 2.08. The molecule has 3 N–H and O–H groups in total. The highest BCUT2D eigenvalue weighted by molar-refractivity contribution is 9.10. The zero-order chi connectivity index (χ0) is 12.1. The van der Waals surface area contributed by atoms with E-state index in [-0.39, 0.29) is 5.84 Å². The lowest BCUT2D eigenvalue weighted by Gasteiger charge is -2.22. The number of halogens is 1. The Morgan fingerprint density at radius 2 is 2.25 bits per heavy atom. The molecule has 0 aliphatic heterocycles. The molecule has 0 heterocycles. The van der Waals surface area contributed by atoms with Crippen LogP contribution in [0.2, 0.25) is 0 Å². The molecule has 0 unspecified atom stereocenters. The van der Waals surface area contributed by atoms with Gasteiger partial charge in [0.1, 0.15) is 0 Å². The molecule has 0 bridgehead atoms. The molecule has 0 aliphatic carbocycles. The zero-order valence-electron chi connectivity index (χ0n) is 9.44. The van der Waals surface area contributed by atoms with Crippen LogP contribution < -0.4 is 10.6 Å². The fraction of sp³-hybridized carbons (Fsp3) is 0.364. The number of nitrogens with two attached hydrogens (primary N) is 1. The first-order valence-corrected chi connectivity index (χ1v) is 5.88. The molecule has 5 heteroatoms. The SMILES string of the molecule is CCCN(C)c1cccc(Br)c1/C(N)=N/O. The van der Waals surface area contributed by atoms with E-state index < -0.39 is 0 Å². The number of oxime groups is 1. The summed E-state index contributed by atoms with van der Waals surface area (Å²) in [7, 11) is 1.99. The van der Waals surface area contributed by atoms with Gasteiger partial charge in [-0.25, -0.2) is 0 Å². The molecule has 1 aromatic rings. The Morgan fingerprint density at radius 1 is 1.56 bits per heavy atom. The second-order valence-corrected chi connectivity index (χ2v) is 4.40. The lowest BCUT2D eigenvalue weighted by atomic mass is 10.1. The highest BCUT2D eigenvalue weighted by Gasteiger charge is 2.13. The van der Waals surface area contributed by atoms with Crippen LogP contribution >= 0.6 is 15.9 Å². The molecule has 16 heavy (non-hydrogen) atoms. The highest BCUT2D eigenvalue weighted by atomic mass is 79.9. The number of rotatable bonds is 4. The van der Waals surface area contributed by atoms with E-state index in [1.807, 2.05) is 25.2 Å². The van der Waals surface area contributed by atoms with Gasteiger partial charge in [0, 0.05) is 23.8 Å². The van der Waals surface area contributed by atoms with Gasteiger partial charge in [0.2, 0.25) is 0 Å². The predicted molar refractivity (Wildman–Crippen MR) is 70.2 cm³/mol. The number of nitrogens with zero attached hydrogens (tertiary/aromatic N) is 2. The second-order valence-electron chi connectivity index (χ2n) is 3.54. The van der Waals surface area contributed by atoms with Crippen LogP contribution in [0, 0.1) is 0 Å². The number of benzene rings is 1. The van der Waals surface area contributed by atoms with E-state index in [0.717, 1.165) is 28.7 Å². The number of anilines is 1. The van der Waals surface area contributed by atoms with Gasteiger partial charge in [0.05, 0.1) is 5.56 Å². The van der Waals surface area contributed by atoms with Crippen LogP contribution in [0.1, 0.15) is 18.9 Å². The third-order valence-corrected chi connectivity index (χ3v) is 2.99. The van der Waals surface area contributed by atoms with Crippen molar-refractivity contribution in [2.45, 2.75) is 13.3 Å². The molecule has 0 spiro atoms. The first kappa shape index (κ1) is 12.8. The third kappa shape index (κ3) is 2.66. The number of amidine groups is 1. The van der Waals surface area contributed by atoms with Crippen LogP contribution in [-0.2, 0) is 0 Å². The minimum Gasteiger partial charge on any atom is -0.409 e. The fourth-order valence-electron chi connectivity index (χ4n) is 1.59. The van der Waals surface area contributed by atoms with E-state index in [9.17, 15) is 0 Å². The third-order valence-electron chi connectivity index (χ3n) is 2.33. The maximum atomic E-state index is 8.77. The van der Waals surface area contributed by atoms with Crippen LogP contribution in [0.15, 0.2) is 27.8 Å². The van der Waals surface area contributed by atoms with Gasteiger partial charge in [-0.3, -0.25) is 0 Å². The fourth-order valence-corrected chi connectivity index (χ4v) is 2.15. The topological polar surface area (TPSA) is 61.8 Å². The van der Waals surface area contributed by atoms with Gasteiger partial charge in [-0.15, -0.1) is 0 Å². The van der Waals surface area contributed by atoms with Crippen LogP contribution in [0.25, 0.3) is 0 Å². The largest absolute Gasteiger partial charge is 0.409 e. The molecule has 88 valence electrons. The number of hydrogen-bond acceptors (Lipinski definition) is 3. The number of hydrogen-bond donors (Lipinski definition) is 2. The summed E-state index contributed by atoms with van der Waals surface area (Å²) >= 11 is 3.41. The summed E-state index contributed by atoms with van der Waals surface area (Å²) < 4.78 is 0.822. The average Bonchev–Trinajstić information content (AvgIpc) is 2.28. The van der Waals surface area contributed by atoms with Crippen LogP contribution in [0.4, 0.5) is 5.69 Å². The van der Waals surface area contributed by atoms with E-state index in [2.05, 4.69) is 32.9 Å². The van der Waals surface area contributed by atoms with Gasteiger partial charge >= 0.3 is 0 Å². The molecular formula is C11H16BrN3O. The quantitative estimate of drug-likeness (QED) is 0.386. The van der Waals surface area contributed by atoms with Crippen molar-refractivity contribution < 1.29 is 5.21 Å². The molecule has 0 aromatic heterocycles. The highest BCUT2D eigenvalue weighted by Crippen LogP contribution is 2.27. The van der Waals surface area contributed by atoms with Crippen molar-refractivity contribution in [3.63, 3.8) is 0 Å². The van der Waals surface area contributed by atoms with Gasteiger partial charge in [0.15, 0.2) is 5.84 Å². The molecular weight excluding hydrogens is 270 g/mol. The van der Waals surface area contributed by atoms with E-state index in [1.54, 1.807) is 0 Å². The van der Waals surface area contributed by atoms with Crippen LogP contribution in [0.3, 0.4) is 0 Å². The summed E-state index contributed by atoms with van der Waals surface area (Å²) in [6.45, 7) is 3.03. The zero-order valence-corrected chi connectivity index (χ0v) is 11.0. The molecule has 4 nitrogen and oxygen atoms in total. The minimum absolute atomic E-state index is 0.116. The molecule has 0 radical (unpaired) electrons. The maximum Gasteiger partial charge on any atom is 0.173 e. The molecule has 0 amide bonds. The Bertz CT molecular complexity index is 393. The summed E-state index contributed by atoms with van der Waals surface area (Å²) in [6, 6.07) is 5.75. The monoisotopic (exact) mass is 285 g/mol. The van der Waals surface area contributed by atoms with Crippen molar-refractivity contribution in [2.75, 3.05) is 18.5 Å². The van der Waals surface area contributed by atoms with Crippen molar-refractivity contribution in [1.82, 2.24) is 0 Å². The minimum atomic E-state index is 0.116. The summed E-state index contributed by atoms with van der Waals surface area (Å²) in [6.07, 6.45) is 1.04. The first-order chi connectivity index (χ1) is 7.61. The van der Waals surface area contributed by atoms with Crippen LogP contribution in [-0.4, -0.2) is 24.6 Å². The molecule has 0 atom stereocenters. The Balaban J connectivity index is 3.23. The van der Waals surface area contributed by atoms with Gasteiger partial charge in [-0.2, -0.15) is 0 Å². The van der Waals surface area contributed by atoms with Crippen molar-refractivity contribution in [3.05, 3.63) is 28.2 Å². The van der Waals surface area contributed by atoms with Crippen molar-refractivity contribution in [2.24, 2.45) is 10.9 Å². The van der Waals surface area contributed by atoms with E-state index in [1.165, 1.54) is 0 Å². The Hall–Kier alpha value is -1.23. The molecule has 0 fully saturated rings. The van der Waals surface area contributed by atoms with E-state index in [4.69, 9.17) is 10.9 Å². The average molecular weight is 286 g/mol. The second kappa shape index (κ2) is 5.75. The molecule has 1 aromatic carbocycles.